The molecule has 1 aromatic carbocycles. The second-order valence-electron chi connectivity index (χ2n) is 7.39. The summed E-state index contributed by atoms with van der Waals surface area (Å²) in [5.41, 5.74) is 2.13. The number of guanidine groups is 1. The Labute approximate surface area is 173 Å². The quantitative estimate of drug-likeness (QED) is 0.357. The van der Waals surface area contributed by atoms with Gasteiger partial charge in [-0.3, -0.25) is 9.79 Å². The minimum Gasteiger partial charge on any atom is -0.356 e. The van der Waals surface area contributed by atoms with Crippen LogP contribution in [0.15, 0.2) is 29.3 Å². The van der Waals surface area contributed by atoms with E-state index in [1.165, 1.54) is 31.2 Å². The molecule has 6 heteroatoms. The standard InChI is InChI=1S/C20H30N4O.HI/c1-14-7-3-4-8-15(14)12-22-20(21-2)23-13-16-11-19(25)24-18-10-6-5-9-17(16)18;/h5-6,9-10,14-16H,3-4,7-8,11-13H2,1-2H3,(H,24,25)(H2,21,22,23);1H. The number of halogens is 1. The number of benzene rings is 1. The fourth-order valence-electron chi connectivity index (χ4n) is 4.05. The molecule has 0 spiro atoms. The van der Waals surface area contributed by atoms with Gasteiger partial charge in [-0.1, -0.05) is 44.4 Å². The predicted octanol–water partition coefficient (Wildman–Crippen LogP) is 3.72. The minimum absolute atomic E-state index is 0. The molecule has 3 N–H and O–H groups in total. The summed E-state index contributed by atoms with van der Waals surface area (Å²) in [5, 5.41) is 9.85. The highest BCUT2D eigenvalue weighted by Gasteiger charge is 2.25. The van der Waals surface area contributed by atoms with Gasteiger partial charge in [0.25, 0.3) is 0 Å². The molecule has 1 fully saturated rings. The van der Waals surface area contributed by atoms with Crippen LogP contribution in [0.25, 0.3) is 0 Å². The Bertz CT molecular complexity index is 634. The third-order valence-electron chi connectivity index (χ3n) is 5.67. The molecule has 1 aromatic rings. The van der Waals surface area contributed by atoms with E-state index in [0.717, 1.165) is 30.0 Å². The number of aliphatic imine (C=N–C) groups is 1. The number of para-hydroxylation sites is 1. The van der Waals surface area contributed by atoms with Gasteiger partial charge in [-0.25, -0.2) is 0 Å². The normalized spacial score (nSPS) is 25.5. The minimum atomic E-state index is 0. The molecule has 1 aliphatic carbocycles. The summed E-state index contributed by atoms with van der Waals surface area (Å²) in [5.74, 6) is 2.62. The molecular weight excluding hydrogens is 439 g/mol. The van der Waals surface area contributed by atoms with Crippen LogP contribution in [0, 0.1) is 11.8 Å². The number of carbonyl (C=O) groups excluding carboxylic acids is 1. The molecule has 2 aliphatic rings. The molecule has 1 heterocycles. The molecule has 0 bridgehead atoms. The fourth-order valence-corrected chi connectivity index (χ4v) is 4.05. The maximum Gasteiger partial charge on any atom is 0.225 e. The molecule has 3 unspecified atom stereocenters. The summed E-state index contributed by atoms with van der Waals surface area (Å²) in [6.45, 7) is 4.05. The highest BCUT2D eigenvalue weighted by molar-refractivity contribution is 14.0. The van der Waals surface area contributed by atoms with Crippen molar-refractivity contribution in [3.63, 3.8) is 0 Å². The van der Waals surface area contributed by atoms with Crippen molar-refractivity contribution in [2.45, 2.75) is 44.9 Å². The number of nitrogens with one attached hydrogen (secondary N) is 3. The molecule has 144 valence electrons. The van der Waals surface area contributed by atoms with Crippen LogP contribution in [0.1, 0.15) is 50.5 Å². The van der Waals surface area contributed by atoms with Gasteiger partial charge in [0.05, 0.1) is 0 Å². The molecule has 1 amide bonds. The molecule has 0 radical (unpaired) electrons. The first kappa shape index (κ1) is 21.0. The predicted molar refractivity (Wildman–Crippen MR) is 118 cm³/mol. The van der Waals surface area contributed by atoms with Gasteiger partial charge in [-0.05, 0) is 29.9 Å². The molecule has 3 atom stereocenters. The van der Waals surface area contributed by atoms with E-state index in [-0.39, 0.29) is 35.8 Å². The zero-order valence-electron chi connectivity index (χ0n) is 15.8. The summed E-state index contributed by atoms with van der Waals surface area (Å²) < 4.78 is 0. The number of fused-ring (bicyclic) bond motifs is 1. The number of hydrogen-bond donors (Lipinski definition) is 3. The molecule has 0 saturated heterocycles. The topological polar surface area (TPSA) is 65.5 Å². The van der Waals surface area contributed by atoms with E-state index in [2.05, 4.69) is 33.9 Å². The van der Waals surface area contributed by atoms with E-state index in [4.69, 9.17) is 0 Å². The highest BCUT2D eigenvalue weighted by Crippen LogP contribution is 2.31. The van der Waals surface area contributed by atoms with Crippen molar-refractivity contribution in [1.29, 1.82) is 0 Å². The lowest BCUT2D eigenvalue weighted by molar-refractivity contribution is -0.116. The van der Waals surface area contributed by atoms with Crippen LogP contribution in [0.5, 0.6) is 0 Å². The van der Waals surface area contributed by atoms with E-state index in [0.29, 0.717) is 13.0 Å². The van der Waals surface area contributed by atoms with Crippen LogP contribution >= 0.6 is 24.0 Å². The van der Waals surface area contributed by atoms with Crippen LogP contribution in [-0.4, -0.2) is 32.0 Å². The summed E-state index contributed by atoms with van der Waals surface area (Å²) in [7, 11) is 1.81. The summed E-state index contributed by atoms with van der Waals surface area (Å²) >= 11 is 0. The van der Waals surface area contributed by atoms with E-state index in [9.17, 15) is 4.79 Å². The Balaban J connectivity index is 0.00000243. The summed E-state index contributed by atoms with van der Waals surface area (Å²) in [4.78, 5) is 16.3. The lowest BCUT2D eigenvalue weighted by atomic mass is 9.80. The Morgan fingerprint density at radius 1 is 1.19 bits per heavy atom. The molecular formula is C20H31IN4O. The summed E-state index contributed by atoms with van der Waals surface area (Å²) in [6, 6.07) is 8.06. The van der Waals surface area contributed by atoms with Crippen molar-refractivity contribution in [3.05, 3.63) is 29.8 Å². The van der Waals surface area contributed by atoms with Gasteiger partial charge >= 0.3 is 0 Å². The Morgan fingerprint density at radius 2 is 1.92 bits per heavy atom. The average Bonchev–Trinajstić information content (AvgIpc) is 2.62. The van der Waals surface area contributed by atoms with Crippen LogP contribution in [0.3, 0.4) is 0 Å². The third-order valence-corrected chi connectivity index (χ3v) is 5.67. The third kappa shape index (κ3) is 5.34. The number of amides is 1. The van der Waals surface area contributed by atoms with E-state index in [1.807, 2.05) is 18.2 Å². The summed E-state index contributed by atoms with van der Waals surface area (Å²) in [6.07, 6.45) is 5.87. The molecule has 0 aromatic heterocycles. The van der Waals surface area contributed by atoms with Gasteiger partial charge in [0.15, 0.2) is 5.96 Å². The van der Waals surface area contributed by atoms with Gasteiger partial charge in [0, 0.05) is 38.2 Å². The van der Waals surface area contributed by atoms with Gasteiger partial charge in [-0.15, -0.1) is 24.0 Å². The van der Waals surface area contributed by atoms with Crippen LogP contribution in [0.4, 0.5) is 5.69 Å². The molecule has 1 aliphatic heterocycles. The highest BCUT2D eigenvalue weighted by atomic mass is 127. The molecule has 3 rings (SSSR count). The first-order valence-corrected chi connectivity index (χ1v) is 9.50. The number of nitrogens with zero attached hydrogens (tertiary/aromatic N) is 1. The number of carbonyl (C=O) groups is 1. The maximum absolute atomic E-state index is 11.9. The molecule has 1 saturated carbocycles. The smallest absolute Gasteiger partial charge is 0.225 e. The SMILES string of the molecule is CN=C(NCC1CC(=O)Nc2ccccc21)NCC1CCCCC1C.I. The average molecular weight is 470 g/mol. The Hall–Kier alpha value is -1.31. The van der Waals surface area contributed by atoms with Gasteiger partial charge in [-0.2, -0.15) is 0 Å². The molecule has 5 nitrogen and oxygen atoms in total. The van der Waals surface area contributed by atoms with Crippen molar-refractivity contribution in [1.82, 2.24) is 10.6 Å². The van der Waals surface area contributed by atoms with E-state index in [1.54, 1.807) is 7.05 Å². The van der Waals surface area contributed by atoms with Crippen molar-refractivity contribution in [2.75, 3.05) is 25.5 Å². The lowest BCUT2D eigenvalue weighted by Crippen LogP contribution is -2.43. The largest absolute Gasteiger partial charge is 0.356 e. The monoisotopic (exact) mass is 470 g/mol. The van der Waals surface area contributed by atoms with Crippen LogP contribution < -0.4 is 16.0 Å². The van der Waals surface area contributed by atoms with E-state index < -0.39 is 0 Å². The van der Waals surface area contributed by atoms with E-state index >= 15 is 0 Å². The number of hydrogen-bond acceptors (Lipinski definition) is 2. The second-order valence-corrected chi connectivity index (χ2v) is 7.39. The van der Waals surface area contributed by atoms with Crippen molar-refractivity contribution in [3.8, 4) is 0 Å². The zero-order valence-corrected chi connectivity index (χ0v) is 18.1. The van der Waals surface area contributed by atoms with Gasteiger partial charge in [0.2, 0.25) is 5.91 Å². The Kier molecular flexibility index (Phi) is 8.18. The van der Waals surface area contributed by atoms with Gasteiger partial charge < -0.3 is 16.0 Å². The first-order chi connectivity index (χ1) is 12.2. The lowest BCUT2D eigenvalue weighted by Gasteiger charge is -2.30. The van der Waals surface area contributed by atoms with Crippen molar-refractivity contribution < 1.29 is 4.79 Å². The maximum atomic E-state index is 11.9. The first-order valence-electron chi connectivity index (χ1n) is 9.50. The van der Waals surface area contributed by atoms with Crippen LogP contribution in [-0.2, 0) is 4.79 Å². The van der Waals surface area contributed by atoms with Gasteiger partial charge in [0.1, 0.15) is 0 Å². The molecule has 26 heavy (non-hydrogen) atoms. The number of rotatable bonds is 4. The second kappa shape index (κ2) is 10.1. The zero-order chi connectivity index (χ0) is 17.6. The van der Waals surface area contributed by atoms with Crippen molar-refractivity contribution >= 4 is 41.5 Å². The Morgan fingerprint density at radius 3 is 2.69 bits per heavy atom. The number of anilines is 1. The van der Waals surface area contributed by atoms with Crippen LogP contribution in [0.2, 0.25) is 0 Å². The fraction of sp³-hybridized carbons (Fsp3) is 0.600. The van der Waals surface area contributed by atoms with Crippen molar-refractivity contribution in [2.24, 2.45) is 16.8 Å².